The highest BCUT2D eigenvalue weighted by molar-refractivity contribution is 7.10. The van der Waals surface area contributed by atoms with Gasteiger partial charge in [-0.15, -0.1) is 11.3 Å². The van der Waals surface area contributed by atoms with Crippen molar-refractivity contribution in [2.24, 2.45) is 0 Å². The molecule has 0 aliphatic rings. The minimum Gasteiger partial charge on any atom is -0.370 e. The van der Waals surface area contributed by atoms with Crippen LogP contribution in [0.5, 0.6) is 0 Å². The van der Waals surface area contributed by atoms with Crippen LogP contribution in [0.3, 0.4) is 0 Å². The van der Waals surface area contributed by atoms with Crippen LogP contribution in [-0.2, 0) is 6.54 Å². The standard InChI is InChI=1S/C13H18N4S/c1-4-14-12-7-13(17-10(3)16-12)15-8-11-9(2)5-6-18-11/h5-7H,4,8H2,1-3H3,(H2,14,15,16,17). The molecule has 0 fully saturated rings. The van der Waals surface area contributed by atoms with Crippen LogP contribution >= 0.6 is 11.3 Å². The number of rotatable bonds is 5. The maximum Gasteiger partial charge on any atom is 0.132 e. The van der Waals surface area contributed by atoms with E-state index in [9.17, 15) is 0 Å². The van der Waals surface area contributed by atoms with Gasteiger partial charge in [0.05, 0.1) is 6.54 Å². The molecule has 0 radical (unpaired) electrons. The maximum absolute atomic E-state index is 4.39. The lowest BCUT2D eigenvalue weighted by Gasteiger charge is -2.09. The molecule has 2 rings (SSSR count). The molecule has 0 bridgehead atoms. The molecule has 96 valence electrons. The molecule has 4 nitrogen and oxygen atoms in total. The Morgan fingerprint density at radius 2 is 1.89 bits per heavy atom. The fourth-order valence-corrected chi connectivity index (χ4v) is 2.53. The van der Waals surface area contributed by atoms with Gasteiger partial charge in [0.25, 0.3) is 0 Å². The molecular weight excluding hydrogens is 244 g/mol. The predicted molar refractivity (Wildman–Crippen MR) is 77.3 cm³/mol. The first-order valence-corrected chi connectivity index (χ1v) is 6.93. The number of hydrogen-bond acceptors (Lipinski definition) is 5. The second-order valence-electron chi connectivity index (χ2n) is 4.10. The molecule has 2 heterocycles. The average molecular weight is 262 g/mol. The number of nitrogens with zero attached hydrogens (tertiary/aromatic N) is 2. The molecule has 5 heteroatoms. The zero-order chi connectivity index (χ0) is 13.0. The largest absolute Gasteiger partial charge is 0.370 e. The van der Waals surface area contributed by atoms with Gasteiger partial charge in [0, 0.05) is 17.5 Å². The third-order valence-electron chi connectivity index (χ3n) is 2.59. The Labute approximate surface area is 111 Å². The highest BCUT2D eigenvalue weighted by atomic mass is 32.1. The molecule has 0 aliphatic carbocycles. The van der Waals surface area contributed by atoms with E-state index in [-0.39, 0.29) is 0 Å². The molecule has 2 aromatic rings. The molecule has 2 N–H and O–H groups in total. The van der Waals surface area contributed by atoms with Gasteiger partial charge in [-0.2, -0.15) is 0 Å². The molecule has 0 saturated heterocycles. The Hall–Kier alpha value is -1.62. The van der Waals surface area contributed by atoms with Crippen LogP contribution in [0.25, 0.3) is 0 Å². The zero-order valence-electron chi connectivity index (χ0n) is 10.9. The van der Waals surface area contributed by atoms with Crippen molar-refractivity contribution in [3.05, 3.63) is 33.8 Å². The monoisotopic (exact) mass is 262 g/mol. The van der Waals surface area contributed by atoms with E-state index < -0.39 is 0 Å². The molecular formula is C13H18N4S. The first kappa shape index (κ1) is 12.8. The van der Waals surface area contributed by atoms with Crippen molar-refractivity contribution in [1.82, 2.24) is 9.97 Å². The van der Waals surface area contributed by atoms with Crippen molar-refractivity contribution in [3.8, 4) is 0 Å². The number of aryl methyl sites for hydroxylation is 2. The predicted octanol–water partition coefficient (Wildman–Crippen LogP) is 3.20. The van der Waals surface area contributed by atoms with Crippen LogP contribution in [-0.4, -0.2) is 16.5 Å². The molecule has 2 aromatic heterocycles. The summed E-state index contributed by atoms with van der Waals surface area (Å²) in [5, 5.41) is 8.66. The normalized spacial score (nSPS) is 10.4. The van der Waals surface area contributed by atoms with Gasteiger partial charge < -0.3 is 10.6 Å². The molecule has 0 atom stereocenters. The summed E-state index contributed by atoms with van der Waals surface area (Å²) in [7, 11) is 0. The van der Waals surface area contributed by atoms with Crippen molar-refractivity contribution in [2.75, 3.05) is 17.2 Å². The van der Waals surface area contributed by atoms with Crippen molar-refractivity contribution >= 4 is 23.0 Å². The Balaban J connectivity index is 2.07. The van der Waals surface area contributed by atoms with Crippen LogP contribution < -0.4 is 10.6 Å². The summed E-state index contributed by atoms with van der Waals surface area (Å²) < 4.78 is 0. The highest BCUT2D eigenvalue weighted by Gasteiger charge is 2.03. The van der Waals surface area contributed by atoms with E-state index in [1.54, 1.807) is 11.3 Å². The van der Waals surface area contributed by atoms with Gasteiger partial charge in [-0.3, -0.25) is 0 Å². The van der Waals surface area contributed by atoms with E-state index in [1.807, 2.05) is 13.0 Å². The zero-order valence-corrected chi connectivity index (χ0v) is 11.8. The van der Waals surface area contributed by atoms with Gasteiger partial charge in [-0.05, 0) is 37.8 Å². The average Bonchev–Trinajstić information content (AvgIpc) is 2.72. The first-order chi connectivity index (χ1) is 8.69. The Morgan fingerprint density at radius 1 is 1.17 bits per heavy atom. The summed E-state index contributed by atoms with van der Waals surface area (Å²) in [4.78, 5) is 10.1. The second-order valence-corrected chi connectivity index (χ2v) is 5.10. The van der Waals surface area contributed by atoms with Crippen molar-refractivity contribution in [1.29, 1.82) is 0 Å². The van der Waals surface area contributed by atoms with E-state index in [4.69, 9.17) is 0 Å². The molecule has 0 amide bonds. The summed E-state index contributed by atoms with van der Waals surface area (Å²) >= 11 is 1.77. The minimum absolute atomic E-state index is 0.777. The van der Waals surface area contributed by atoms with Crippen LogP contribution in [0.15, 0.2) is 17.5 Å². The lowest BCUT2D eigenvalue weighted by molar-refractivity contribution is 1.01. The van der Waals surface area contributed by atoms with Crippen LogP contribution in [0.4, 0.5) is 11.6 Å². The van der Waals surface area contributed by atoms with E-state index in [0.717, 1.165) is 30.5 Å². The lowest BCUT2D eigenvalue weighted by atomic mass is 10.3. The Morgan fingerprint density at radius 3 is 2.50 bits per heavy atom. The molecule has 0 unspecified atom stereocenters. The van der Waals surface area contributed by atoms with E-state index >= 15 is 0 Å². The van der Waals surface area contributed by atoms with Gasteiger partial charge in [0.2, 0.25) is 0 Å². The van der Waals surface area contributed by atoms with E-state index in [0.29, 0.717) is 0 Å². The third kappa shape index (κ3) is 3.20. The Bertz CT molecular complexity index is 521. The van der Waals surface area contributed by atoms with Crippen molar-refractivity contribution < 1.29 is 0 Å². The number of anilines is 2. The number of aromatic nitrogens is 2. The second kappa shape index (κ2) is 5.82. The van der Waals surface area contributed by atoms with Crippen molar-refractivity contribution in [3.63, 3.8) is 0 Å². The van der Waals surface area contributed by atoms with Gasteiger partial charge >= 0.3 is 0 Å². The quantitative estimate of drug-likeness (QED) is 0.869. The smallest absolute Gasteiger partial charge is 0.132 e. The molecule has 0 aliphatic heterocycles. The summed E-state index contributed by atoms with van der Waals surface area (Å²) in [6.07, 6.45) is 0. The van der Waals surface area contributed by atoms with Gasteiger partial charge in [0.15, 0.2) is 0 Å². The highest BCUT2D eigenvalue weighted by Crippen LogP contribution is 2.18. The van der Waals surface area contributed by atoms with Crippen molar-refractivity contribution in [2.45, 2.75) is 27.3 Å². The summed E-state index contributed by atoms with van der Waals surface area (Å²) in [5.41, 5.74) is 1.32. The summed E-state index contributed by atoms with van der Waals surface area (Å²) in [6.45, 7) is 7.76. The molecule has 0 saturated carbocycles. The van der Waals surface area contributed by atoms with Crippen LogP contribution in [0.2, 0.25) is 0 Å². The van der Waals surface area contributed by atoms with Crippen LogP contribution in [0, 0.1) is 13.8 Å². The maximum atomic E-state index is 4.39. The summed E-state index contributed by atoms with van der Waals surface area (Å²) in [6, 6.07) is 4.08. The topological polar surface area (TPSA) is 49.8 Å². The molecule has 18 heavy (non-hydrogen) atoms. The SMILES string of the molecule is CCNc1cc(NCc2sccc2C)nc(C)n1. The number of hydrogen-bond donors (Lipinski definition) is 2. The van der Waals surface area contributed by atoms with Gasteiger partial charge in [-0.1, -0.05) is 0 Å². The fraction of sp³-hybridized carbons (Fsp3) is 0.385. The van der Waals surface area contributed by atoms with E-state index in [2.05, 4.69) is 45.9 Å². The number of nitrogens with one attached hydrogen (secondary N) is 2. The molecule has 0 aromatic carbocycles. The van der Waals surface area contributed by atoms with E-state index in [1.165, 1.54) is 10.4 Å². The third-order valence-corrected chi connectivity index (χ3v) is 3.62. The number of thiophene rings is 1. The van der Waals surface area contributed by atoms with Gasteiger partial charge in [-0.25, -0.2) is 9.97 Å². The van der Waals surface area contributed by atoms with Crippen LogP contribution in [0.1, 0.15) is 23.2 Å². The first-order valence-electron chi connectivity index (χ1n) is 6.05. The van der Waals surface area contributed by atoms with Gasteiger partial charge in [0.1, 0.15) is 17.5 Å². The minimum atomic E-state index is 0.777. The summed E-state index contributed by atoms with van der Waals surface area (Å²) in [5.74, 6) is 2.51. The lowest BCUT2D eigenvalue weighted by Crippen LogP contribution is -2.06. The Kier molecular flexibility index (Phi) is 4.15. The molecule has 0 spiro atoms. The fourth-order valence-electron chi connectivity index (χ4n) is 1.69.